The van der Waals surface area contributed by atoms with Gasteiger partial charge < -0.3 is 5.32 Å². The molecule has 0 unspecified atom stereocenters. The molecule has 0 spiro atoms. The molecule has 1 aliphatic heterocycles. The van der Waals surface area contributed by atoms with E-state index in [1.807, 2.05) is 12.4 Å². The summed E-state index contributed by atoms with van der Waals surface area (Å²) >= 11 is 3.47. The monoisotopic (exact) mass is 283 g/mol. The van der Waals surface area contributed by atoms with Crippen molar-refractivity contribution in [1.29, 1.82) is 0 Å². The predicted octanol–water partition coefficient (Wildman–Crippen LogP) is 2.03. The molecule has 0 amide bonds. The summed E-state index contributed by atoms with van der Waals surface area (Å²) in [6.45, 7) is 6.66. The molecule has 0 aliphatic carbocycles. The minimum absolute atomic E-state index is 0.707. The number of nitrogens with zero attached hydrogens (tertiary/aromatic N) is 2. The molecule has 0 radical (unpaired) electrons. The van der Waals surface area contributed by atoms with E-state index in [9.17, 15) is 0 Å². The van der Waals surface area contributed by atoms with Crippen molar-refractivity contribution in [3.8, 4) is 0 Å². The highest BCUT2D eigenvalue weighted by Gasteiger charge is 2.23. The second kappa shape index (κ2) is 5.75. The number of nitrogens with one attached hydrogen (secondary N) is 1. The van der Waals surface area contributed by atoms with Crippen LogP contribution in [-0.4, -0.2) is 35.6 Å². The lowest BCUT2D eigenvalue weighted by molar-refractivity contribution is 0.137. The first-order valence-electron chi connectivity index (χ1n) is 5.83. The lowest BCUT2D eigenvalue weighted by Gasteiger charge is -2.38. The van der Waals surface area contributed by atoms with Gasteiger partial charge in [-0.25, -0.2) is 0 Å². The highest BCUT2D eigenvalue weighted by Crippen LogP contribution is 2.14. The van der Waals surface area contributed by atoms with E-state index in [0.29, 0.717) is 6.04 Å². The standard InChI is InChI=1S/C12H18BrN3/c1-2-3-16(12-7-15-8-12)9-10-4-11(13)6-14-5-10/h4-6,12,15H,2-3,7-9H2,1H3. The number of hydrogen-bond donors (Lipinski definition) is 1. The van der Waals surface area contributed by atoms with Crippen LogP contribution in [0.5, 0.6) is 0 Å². The number of aromatic nitrogens is 1. The summed E-state index contributed by atoms with van der Waals surface area (Å²) in [5.41, 5.74) is 1.29. The Bertz CT molecular complexity index is 339. The van der Waals surface area contributed by atoms with E-state index >= 15 is 0 Å². The molecule has 3 nitrogen and oxygen atoms in total. The molecule has 1 N–H and O–H groups in total. The minimum Gasteiger partial charge on any atom is -0.314 e. The van der Waals surface area contributed by atoms with Crippen molar-refractivity contribution in [3.63, 3.8) is 0 Å². The molecule has 1 aromatic heterocycles. The Kier molecular flexibility index (Phi) is 4.32. The van der Waals surface area contributed by atoms with Crippen molar-refractivity contribution < 1.29 is 0 Å². The Hall–Kier alpha value is -0.450. The first-order valence-corrected chi connectivity index (χ1v) is 6.63. The van der Waals surface area contributed by atoms with Crippen molar-refractivity contribution >= 4 is 15.9 Å². The van der Waals surface area contributed by atoms with Gasteiger partial charge in [-0.15, -0.1) is 0 Å². The van der Waals surface area contributed by atoms with Gasteiger partial charge in [0, 0.05) is 42.5 Å². The molecule has 1 aromatic rings. The van der Waals surface area contributed by atoms with Gasteiger partial charge in [0.2, 0.25) is 0 Å². The van der Waals surface area contributed by atoms with Crippen LogP contribution >= 0.6 is 15.9 Å². The van der Waals surface area contributed by atoms with E-state index in [1.165, 1.54) is 18.5 Å². The van der Waals surface area contributed by atoms with Crippen LogP contribution in [0, 0.1) is 0 Å². The maximum atomic E-state index is 4.21. The van der Waals surface area contributed by atoms with Crippen LogP contribution in [0.25, 0.3) is 0 Å². The van der Waals surface area contributed by atoms with E-state index in [0.717, 1.165) is 24.1 Å². The maximum Gasteiger partial charge on any atom is 0.0410 e. The number of hydrogen-bond acceptors (Lipinski definition) is 3. The molecule has 2 heterocycles. The van der Waals surface area contributed by atoms with E-state index in [4.69, 9.17) is 0 Å². The molecular formula is C12H18BrN3. The third-order valence-corrected chi connectivity index (χ3v) is 3.37. The van der Waals surface area contributed by atoms with Gasteiger partial charge in [-0.1, -0.05) is 6.92 Å². The van der Waals surface area contributed by atoms with Gasteiger partial charge in [0.15, 0.2) is 0 Å². The summed E-state index contributed by atoms with van der Waals surface area (Å²) in [4.78, 5) is 6.75. The second-order valence-corrected chi connectivity index (χ2v) is 5.21. The van der Waals surface area contributed by atoms with Gasteiger partial charge in [0.1, 0.15) is 0 Å². The third kappa shape index (κ3) is 3.03. The summed E-state index contributed by atoms with van der Waals surface area (Å²) in [7, 11) is 0. The third-order valence-electron chi connectivity index (χ3n) is 2.93. The largest absolute Gasteiger partial charge is 0.314 e. The van der Waals surface area contributed by atoms with Gasteiger partial charge >= 0.3 is 0 Å². The van der Waals surface area contributed by atoms with Gasteiger partial charge in [-0.2, -0.15) is 0 Å². The molecule has 2 rings (SSSR count). The van der Waals surface area contributed by atoms with Crippen LogP contribution in [0.2, 0.25) is 0 Å². The minimum atomic E-state index is 0.707. The lowest BCUT2D eigenvalue weighted by atomic mass is 10.1. The Morgan fingerprint density at radius 3 is 2.88 bits per heavy atom. The van der Waals surface area contributed by atoms with Crippen LogP contribution in [0.3, 0.4) is 0 Å². The zero-order valence-electron chi connectivity index (χ0n) is 9.62. The van der Waals surface area contributed by atoms with Crippen molar-refractivity contribution in [2.45, 2.75) is 25.9 Å². The Labute approximate surface area is 105 Å². The topological polar surface area (TPSA) is 28.2 Å². The fourth-order valence-corrected chi connectivity index (χ4v) is 2.40. The van der Waals surface area contributed by atoms with E-state index < -0.39 is 0 Å². The van der Waals surface area contributed by atoms with Crippen LogP contribution in [-0.2, 0) is 6.54 Å². The summed E-state index contributed by atoms with van der Waals surface area (Å²) in [5.74, 6) is 0. The van der Waals surface area contributed by atoms with Crippen LogP contribution in [0.1, 0.15) is 18.9 Å². The second-order valence-electron chi connectivity index (χ2n) is 4.29. The Morgan fingerprint density at radius 2 is 2.31 bits per heavy atom. The van der Waals surface area contributed by atoms with Crippen LogP contribution in [0.15, 0.2) is 22.9 Å². The summed E-state index contributed by atoms with van der Waals surface area (Å²) in [6, 6.07) is 2.86. The Balaban J connectivity index is 1.98. The quantitative estimate of drug-likeness (QED) is 0.896. The van der Waals surface area contributed by atoms with Crippen molar-refractivity contribution in [2.75, 3.05) is 19.6 Å². The lowest BCUT2D eigenvalue weighted by Crippen LogP contribution is -2.56. The van der Waals surface area contributed by atoms with Gasteiger partial charge in [-0.05, 0) is 40.5 Å². The molecule has 1 saturated heterocycles. The zero-order valence-corrected chi connectivity index (χ0v) is 11.2. The molecule has 0 bridgehead atoms. The first-order chi connectivity index (χ1) is 7.79. The maximum absolute atomic E-state index is 4.21. The molecule has 4 heteroatoms. The summed E-state index contributed by atoms with van der Waals surface area (Å²) < 4.78 is 1.06. The number of halogens is 1. The number of rotatable bonds is 5. The molecule has 1 fully saturated rings. The Morgan fingerprint density at radius 1 is 1.50 bits per heavy atom. The molecule has 16 heavy (non-hydrogen) atoms. The van der Waals surface area contributed by atoms with Crippen molar-refractivity contribution in [1.82, 2.24) is 15.2 Å². The molecule has 1 aliphatic rings. The SMILES string of the molecule is CCCN(Cc1cncc(Br)c1)C1CNC1. The van der Waals surface area contributed by atoms with Crippen LogP contribution in [0.4, 0.5) is 0 Å². The highest BCUT2D eigenvalue weighted by atomic mass is 79.9. The van der Waals surface area contributed by atoms with Crippen molar-refractivity contribution in [3.05, 3.63) is 28.5 Å². The average molecular weight is 284 g/mol. The average Bonchev–Trinajstić information content (AvgIpc) is 2.15. The van der Waals surface area contributed by atoms with Crippen molar-refractivity contribution in [2.24, 2.45) is 0 Å². The number of pyridine rings is 1. The summed E-state index contributed by atoms with van der Waals surface area (Å²) in [6.07, 6.45) is 5.00. The smallest absolute Gasteiger partial charge is 0.0410 e. The first kappa shape index (κ1) is 12.0. The van der Waals surface area contributed by atoms with E-state index in [1.54, 1.807) is 0 Å². The predicted molar refractivity (Wildman–Crippen MR) is 69.3 cm³/mol. The normalized spacial score (nSPS) is 16.4. The van der Waals surface area contributed by atoms with E-state index in [2.05, 4.69) is 44.1 Å². The molecule has 0 saturated carbocycles. The zero-order chi connectivity index (χ0) is 11.4. The molecule has 0 atom stereocenters. The fraction of sp³-hybridized carbons (Fsp3) is 0.583. The van der Waals surface area contributed by atoms with E-state index in [-0.39, 0.29) is 0 Å². The van der Waals surface area contributed by atoms with Gasteiger partial charge in [-0.3, -0.25) is 9.88 Å². The van der Waals surface area contributed by atoms with Gasteiger partial charge in [0.05, 0.1) is 0 Å². The summed E-state index contributed by atoms with van der Waals surface area (Å²) in [5, 5.41) is 3.33. The molecule has 0 aromatic carbocycles. The van der Waals surface area contributed by atoms with Gasteiger partial charge in [0.25, 0.3) is 0 Å². The molecular weight excluding hydrogens is 266 g/mol. The van der Waals surface area contributed by atoms with Crippen LogP contribution < -0.4 is 5.32 Å². The molecule has 88 valence electrons. The highest BCUT2D eigenvalue weighted by molar-refractivity contribution is 9.10. The fourth-order valence-electron chi connectivity index (χ4n) is 1.99.